The number of anilines is 2. The van der Waals surface area contributed by atoms with Crippen LogP contribution in [0.2, 0.25) is 5.02 Å². The molecule has 8 nitrogen and oxygen atoms in total. The van der Waals surface area contributed by atoms with Crippen molar-refractivity contribution >= 4 is 44.9 Å². The van der Waals surface area contributed by atoms with Crippen molar-refractivity contribution in [2.24, 2.45) is 0 Å². The van der Waals surface area contributed by atoms with Crippen molar-refractivity contribution in [3.05, 3.63) is 71.6 Å². The van der Waals surface area contributed by atoms with Crippen molar-refractivity contribution in [1.29, 1.82) is 0 Å². The second-order valence-corrected chi connectivity index (χ2v) is 9.58. The average Bonchev–Trinajstić information content (AvgIpc) is 2.76. The van der Waals surface area contributed by atoms with E-state index in [1.807, 2.05) is 0 Å². The highest BCUT2D eigenvalue weighted by Gasteiger charge is 2.17. The number of amides is 3. The summed E-state index contributed by atoms with van der Waals surface area (Å²) < 4.78 is 38.7. The number of nitrogens with one attached hydrogen (secondary N) is 2. The van der Waals surface area contributed by atoms with Crippen LogP contribution in [-0.2, 0) is 14.6 Å². The Labute approximate surface area is 195 Å². The number of urea groups is 1. The molecular formula is C22H20ClFN4O4S. The van der Waals surface area contributed by atoms with Crippen LogP contribution in [0.25, 0.3) is 11.1 Å². The van der Waals surface area contributed by atoms with Gasteiger partial charge in [-0.05, 0) is 35.9 Å². The zero-order valence-corrected chi connectivity index (χ0v) is 19.2. The highest BCUT2D eigenvalue weighted by atomic mass is 35.5. The monoisotopic (exact) mass is 490 g/mol. The van der Waals surface area contributed by atoms with Crippen molar-refractivity contribution in [2.45, 2.75) is 4.90 Å². The normalized spacial score (nSPS) is 11.0. The van der Waals surface area contributed by atoms with Gasteiger partial charge >= 0.3 is 6.03 Å². The van der Waals surface area contributed by atoms with E-state index in [0.717, 1.165) is 17.2 Å². The molecule has 0 spiro atoms. The van der Waals surface area contributed by atoms with Gasteiger partial charge in [-0.15, -0.1) is 0 Å². The molecule has 2 N–H and O–H groups in total. The Hall–Kier alpha value is -3.50. The summed E-state index contributed by atoms with van der Waals surface area (Å²) in [5.41, 5.74) is 0.594. The molecule has 33 heavy (non-hydrogen) atoms. The summed E-state index contributed by atoms with van der Waals surface area (Å²) in [7, 11) is -2.12. The lowest BCUT2D eigenvalue weighted by Crippen LogP contribution is -2.37. The van der Waals surface area contributed by atoms with Gasteiger partial charge in [-0.25, -0.2) is 22.6 Å². The molecule has 0 unspecified atom stereocenters. The molecule has 1 aromatic heterocycles. The summed E-state index contributed by atoms with van der Waals surface area (Å²) in [4.78, 5) is 29.6. The number of halogens is 2. The van der Waals surface area contributed by atoms with Gasteiger partial charge in [0.1, 0.15) is 18.2 Å². The number of hydrogen-bond acceptors (Lipinski definition) is 5. The molecule has 3 rings (SSSR count). The summed E-state index contributed by atoms with van der Waals surface area (Å²) in [5, 5.41) is 5.32. The Kier molecular flexibility index (Phi) is 7.29. The van der Waals surface area contributed by atoms with E-state index in [2.05, 4.69) is 15.6 Å². The van der Waals surface area contributed by atoms with Gasteiger partial charge in [-0.2, -0.15) is 0 Å². The van der Waals surface area contributed by atoms with Crippen molar-refractivity contribution < 1.29 is 22.4 Å². The SMILES string of the molecule is CN(CC(=O)Nc1ccc(-c2ccccc2S(C)(=O)=O)cc1F)C(=O)Nc1ccc(Cl)cn1. The van der Waals surface area contributed by atoms with E-state index in [-0.39, 0.29) is 22.9 Å². The molecule has 172 valence electrons. The van der Waals surface area contributed by atoms with Crippen molar-refractivity contribution in [3.63, 3.8) is 0 Å². The summed E-state index contributed by atoms with van der Waals surface area (Å²) in [5.74, 6) is -1.12. The number of rotatable bonds is 6. The quantitative estimate of drug-likeness (QED) is 0.542. The molecule has 0 aliphatic heterocycles. The smallest absolute Gasteiger partial charge is 0.322 e. The molecule has 0 atom stereocenters. The van der Waals surface area contributed by atoms with Crippen LogP contribution in [0.5, 0.6) is 0 Å². The van der Waals surface area contributed by atoms with E-state index in [4.69, 9.17) is 11.6 Å². The van der Waals surface area contributed by atoms with Gasteiger partial charge in [-0.1, -0.05) is 35.9 Å². The first-order valence-electron chi connectivity index (χ1n) is 9.57. The molecular weight excluding hydrogens is 471 g/mol. The van der Waals surface area contributed by atoms with Gasteiger partial charge in [0.2, 0.25) is 5.91 Å². The lowest BCUT2D eigenvalue weighted by atomic mass is 10.0. The minimum Gasteiger partial charge on any atom is -0.322 e. The molecule has 0 saturated heterocycles. The Balaban J connectivity index is 1.67. The third-order valence-electron chi connectivity index (χ3n) is 4.53. The first kappa shape index (κ1) is 24.1. The molecule has 2 aromatic carbocycles. The number of nitrogens with zero attached hydrogens (tertiary/aromatic N) is 2. The summed E-state index contributed by atoms with van der Waals surface area (Å²) >= 11 is 5.75. The predicted molar refractivity (Wildman–Crippen MR) is 124 cm³/mol. The van der Waals surface area contributed by atoms with Gasteiger partial charge in [-0.3, -0.25) is 10.1 Å². The van der Waals surface area contributed by atoms with E-state index in [0.29, 0.717) is 16.1 Å². The first-order chi connectivity index (χ1) is 15.5. The van der Waals surface area contributed by atoms with E-state index in [1.165, 1.54) is 37.5 Å². The van der Waals surface area contributed by atoms with Crippen LogP contribution in [0.4, 0.5) is 20.7 Å². The average molecular weight is 491 g/mol. The van der Waals surface area contributed by atoms with Gasteiger partial charge in [0, 0.05) is 25.1 Å². The molecule has 3 aromatic rings. The van der Waals surface area contributed by atoms with Crippen LogP contribution >= 0.6 is 11.6 Å². The predicted octanol–water partition coefficient (Wildman–Crippen LogP) is 4.05. The molecule has 0 aliphatic carbocycles. The maximum atomic E-state index is 14.7. The minimum atomic E-state index is -3.52. The maximum Gasteiger partial charge on any atom is 0.323 e. The van der Waals surface area contributed by atoms with Gasteiger partial charge in [0.25, 0.3) is 0 Å². The van der Waals surface area contributed by atoms with Crippen molar-refractivity contribution in [2.75, 3.05) is 30.5 Å². The third-order valence-corrected chi connectivity index (χ3v) is 5.91. The summed E-state index contributed by atoms with van der Waals surface area (Å²) in [6, 6.07) is 12.7. The number of pyridine rings is 1. The van der Waals surface area contributed by atoms with E-state index < -0.39 is 27.6 Å². The minimum absolute atomic E-state index is 0.0731. The molecule has 0 aliphatic rings. The number of aromatic nitrogens is 1. The fourth-order valence-corrected chi connectivity index (χ4v) is 3.97. The first-order valence-corrected chi connectivity index (χ1v) is 11.8. The molecule has 1 heterocycles. The third kappa shape index (κ3) is 6.27. The Morgan fingerprint density at radius 2 is 1.82 bits per heavy atom. The zero-order valence-electron chi connectivity index (χ0n) is 17.7. The number of sulfone groups is 1. The van der Waals surface area contributed by atoms with E-state index in [1.54, 1.807) is 24.3 Å². The Morgan fingerprint density at radius 3 is 2.45 bits per heavy atom. The van der Waals surface area contributed by atoms with Crippen molar-refractivity contribution in [3.8, 4) is 11.1 Å². The number of hydrogen-bond donors (Lipinski definition) is 2. The lowest BCUT2D eigenvalue weighted by Gasteiger charge is -2.17. The van der Waals surface area contributed by atoms with Crippen LogP contribution < -0.4 is 10.6 Å². The molecule has 0 saturated carbocycles. The number of carbonyl (C=O) groups excluding carboxylic acids is 2. The summed E-state index contributed by atoms with van der Waals surface area (Å²) in [6.07, 6.45) is 2.44. The van der Waals surface area contributed by atoms with Crippen LogP contribution in [-0.4, -0.2) is 50.1 Å². The zero-order chi connectivity index (χ0) is 24.2. The van der Waals surface area contributed by atoms with Gasteiger partial charge in [0.15, 0.2) is 9.84 Å². The maximum absolute atomic E-state index is 14.7. The Morgan fingerprint density at radius 1 is 1.09 bits per heavy atom. The molecule has 0 radical (unpaired) electrons. The fraction of sp³-hybridized carbons (Fsp3) is 0.136. The van der Waals surface area contributed by atoms with Gasteiger partial charge < -0.3 is 10.2 Å². The molecule has 11 heteroatoms. The highest BCUT2D eigenvalue weighted by Crippen LogP contribution is 2.29. The largest absolute Gasteiger partial charge is 0.323 e. The topological polar surface area (TPSA) is 108 Å². The fourth-order valence-electron chi connectivity index (χ4n) is 2.94. The summed E-state index contributed by atoms with van der Waals surface area (Å²) in [6.45, 7) is -0.350. The molecule has 0 bridgehead atoms. The Bertz CT molecular complexity index is 1300. The van der Waals surface area contributed by atoms with Gasteiger partial charge in [0.05, 0.1) is 15.6 Å². The van der Waals surface area contributed by atoms with Crippen LogP contribution in [0, 0.1) is 5.82 Å². The van der Waals surface area contributed by atoms with Crippen LogP contribution in [0.1, 0.15) is 0 Å². The van der Waals surface area contributed by atoms with E-state index >= 15 is 0 Å². The van der Waals surface area contributed by atoms with Crippen LogP contribution in [0.3, 0.4) is 0 Å². The highest BCUT2D eigenvalue weighted by molar-refractivity contribution is 7.90. The van der Waals surface area contributed by atoms with E-state index in [9.17, 15) is 22.4 Å². The lowest BCUT2D eigenvalue weighted by molar-refractivity contribution is -0.116. The number of likely N-dealkylation sites (N-methyl/N-ethyl adjacent to an activating group) is 1. The number of benzene rings is 2. The molecule has 0 fully saturated rings. The number of carbonyl (C=O) groups is 2. The van der Waals surface area contributed by atoms with Crippen molar-refractivity contribution in [1.82, 2.24) is 9.88 Å². The standard InChI is InChI=1S/C22H20ClFN4O4S/c1-28(22(30)27-20-10-8-15(23)12-25-20)13-21(29)26-18-9-7-14(11-17(18)24)16-5-3-4-6-19(16)33(2,31)32/h3-12H,13H2,1-2H3,(H,26,29)(H,25,27,30). The second-order valence-electron chi connectivity index (χ2n) is 7.16. The molecule has 3 amide bonds. The second kappa shape index (κ2) is 9.97. The van der Waals surface area contributed by atoms with Crippen LogP contribution in [0.15, 0.2) is 65.7 Å².